The molecule has 4 heteroatoms. The number of Topliss-reactive ketones (excluding diaryl/α,β-unsaturated/α-hetero) is 1. The van der Waals surface area contributed by atoms with Gasteiger partial charge < -0.3 is 10.1 Å². The zero-order chi connectivity index (χ0) is 23.9. The van der Waals surface area contributed by atoms with E-state index in [0.29, 0.717) is 5.56 Å². The lowest BCUT2D eigenvalue weighted by molar-refractivity contribution is 0.101. The number of benzene rings is 2. The van der Waals surface area contributed by atoms with Gasteiger partial charge in [0.05, 0.1) is 23.9 Å². The molecule has 0 radical (unpaired) electrons. The highest BCUT2D eigenvalue weighted by atomic mass is 16.5. The average Bonchev–Trinajstić information content (AvgIpc) is 2.83. The number of pyridine rings is 1. The van der Waals surface area contributed by atoms with Crippen molar-refractivity contribution in [3.05, 3.63) is 54.2 Å². The van der Waals surface area contributed by atoms with E-state index in [-0.39, 0.29) is 5.78 Å². The number of hydrogen-bond donors (Lipinski definition) is 1. The molecular weight excluding hydrogens is 396 g/mol. The Morgan fingerprint density at radius 3 is 2.16 bits per heavy atom. The topological polar surface area (TPSA) is 51.2 Å². The minimum absolute atomic E-state index is 0.0252. The first kappa shape index (κ1) is 27.2. The molecule has 0 unspecified atom stereocenters. The molecule has 4 nitrogen and oxygen atoms in total. The van der Waals surface area contributed by atoms with Crippen LogP contribution in [0.2, 0.25) is 0 Å². The van der Waals surface area contributed by atoms with Crippen LogP contribution in [0.3, 0.4) is 0 Å². The number of nitrogens with one attached hydrogen (secondary N) is 1. The number of fused-ring (bicyclic) bond motifs is 1. The summed E-state index contributed by atoms with van der Waals surface area (Å²) >= 11 is 0. The maximum atomic E-state index is 12.1. The summed E-state index contributed by atoms with van der Waals surface area (Å²) in [5.41, 5.74) is 4.60. The number of rotatable bonds is 8. The van der Waals surface area contributed by atoms with Gasteiger partial charge in [0.25, 0.3) is 0 Å². The maximum Gasteiger partial charge on any atom is 0.163 e. The van der Waals surface area contributed by atoms with E-state index in [2.05, 4.69) is 43.2 Å². The van der Waals surface area contributed by atoms with Crippen LogP contribution in [0.5, 0.6) is 5.75 Å². The molecule has 0 aliphatic heterocycles. The summed E-state index contributed by atoms with van der Waals surface area (Å²) in [5.74, 6) is 0.857. The third-order valence-electron chi connectivity index (χ3n) is 4.75. The molecule has 0 saturated heterocycles. The largest absolute Gasteiger partial charge is 0.497 e. The second kappa shape index (κ2) is 15.0. The summed E-state index contributed by atoms with van der Waals surface area (Å²) in [6.07, 6.45) is 6.35. The number of hydrogen-bond acceptors (Lipinski definition) is 4. The van der Waals surface area contributed by atoms with Crippen LogP contribution in [0.1, 0.15) is 77.6 Å². The minimum atomic E-state index is 0.0252. The molecule has 1 N–H and O–H groups in total. The Bertz CT molecular complexity index is 950. The van der Waals surface area contributed by atoms with E-state index in [0.717, 1.165) is 46.4 Å². The average molecular weight is 437 g/mol. The summed E-state index contributed by atoms with van der Waals surface area (Å²) in [6, 6.07) is 14.2. The van der Waals surface area contributed by atoms with Gasteiger partial charge in [-0.2, -0.15) is 0 Å². The molecule has 0 aliphatic rings. The molecule has 2 aromatic carbocycles. The third kappa shape index (κ3) is 7.67. The summed E-state index contributed by atoms with van der Waals surface area (Å²) < 4.78 is 5.24. The first-order valence-electron chi connectivity index (χ1n) is 11.9. The van der Waals surface area contributed by atoms with Gasteiger partial charge in [0.1, 0.15) is 5.75 Å². The Morgan fingerprint density at radius 2 is 1.59 bits per heavy atom. The lowest BCUT2D eigenvalue weighted by Gasteiger charge is -2.14. The number of unbranched alkanes of at least 4 members (excludes halogenated alkanes) is 2. The molecule has 32 heavy (non-hydrogen) atoms. The fraction of sp³-hybridized carbons (Fsp3) is 0.429. The van der Waals surface area contributed by atoms with E-state index in [4.69, 9.17) is 4.74 Å². The van der Waals surface area contributed by atoms with Gasteiger partial charge in [-0.3, -0.25) is 9.78 Å². The molecule has 1 aromatic heterocycles. The molecular formula is C28H40N2O2. The van der Waals surface area contributed by atoms with E-state index < -0.39 is 0 Å². The van der Waals surface area contributed by atoms with Crippen LogP contribution in [0.25, 0.3) is 22.0 Å². The molecule has 174 valence electrons. The molecule has 0 spiro atoms. The summed E-state index contributed by atoms with van der Waals surface area (Å²) in [7, 11) is 1.66. The van der Waals surface area contributed by atoms with Crippen molar-refractivity contribution >= 4 is 22.4 Å². The maximum absolute atomic E-state index is 12.1. The zero-order valence-corrected chi connectivity index (χ0v) is 20.9. The van der Waals surface area contributed by atoms with Crippen molar-refractivity contribution in [1.29, 1.82) is 0 Å². The van der Waals surface area contributed by atoms with Crippen molar-refractivity contribution in [2.45, 2.75) is 67.2 Å². The molecule has 0 bridgehead atoms. The lowest BCUT2D eigenvalue weighted by Crippen LogP contribution is -2.08. The number of aromatic nitrogens is 1. The van der Waals surface area contributed by atoms with Crippen LogP contribution in [-0.4, -0.2) is 24.4 Å². The number of ether oxygens (including phenoxy) is 1. The number of methoxy groups -OCH3 is 1. The summed E-state index contributed by atoms with van der Waals surface area (Å²) in [4.78, 5) is 16.6. The second-order valence-electron chi connectivity index (χ2n) is 7.40. The van der Waals surface area contributed by atoms with Gasteiger partial charge in [0.2, 0.25) is 0 Å². The Kier molecular flexibility index (Phi) is 12.7. The predicted molar refractivity (Wildman–Crippen MR) is 139 cm³/mol. The smallest absolute Gasteiger partial charge is 0.163 e. The van der Waals surface area contributed by atoms with E-state index >= 15 is 0 Å². The standard InChI is InChI=1S/C23H26N2O2.C3H8.C2H6/c1-4-5-6-13-24-23-20-14-18(17-7-10-19(27-3)11-8-17)9-12-22(20)25-15-21(23)16(2)26;1-3-2;1-2/h7-12,14-15H,4-6,13H2,1-3H3,(H,24,25);3H2,1-2H3;1-2H3. The minimum Gasteiger partial charge on any atom is -0.497 e. The summed E-state index contributed by atoms with van der Waals surface area (Å²) in [6.45, 7) is 12.9. The van der Waals surface area contributed by atoms with E-state index in [9.17, 15) is 4.79 Å². The SMILES string of the molecule is CC.CCC.CCCCCNc1c(C(C)=O)cnc2ccc(-c3ccc(OC)cc3)cc12. The Labute approximate surface area is 194 Å². The van der Waals surface area contributed by atoms with Crippen LogP contribution >= 0.6 is 0 Å². The van der Waals surface area contributed by atoms with E-state index in [1.165, 1.54) is 19.3 Å². The number of nitrogens with zero attached hydrogens (tertiary/aromatic N) is 1. The third-order valence-corrected chi connectivity index (χ3v) is 4.75. The Morgan fingerprint density at radius 1 is 0.969 bits per heavy atom. The summed E-state index contributed by atoms with van der Waals surface area (Å²) in [5, 5.41) is 4.47. The van der Waals surface area contributed by atoms with Crippen LogP contribution < -0.4 is 10.1 Å². The molecule has 0 aliphatic carbocycles. The first-order valence-corrected chi connectivity index (χ1v) is 11.9. The van der Waals surface area contributed by atoms with Gasteiger partial charge in [0.15, 0.2) is 5.78 Å². The van der Waals surface area contributed by atoms with Crippen molar-refractivity contribution in [3.63, 3.8) is 0 Å². The molecule has 0 saturated carbocycles. The Balaban J connectivity index is 0.000000944. The normalized spacial score (nSPS) is 9.84. The van der Waals surface area contributed by atoms with Gasteiger partial charge in [-0.05, 0) is 48.7 Å². The highest BCUT2D eigenvalue weighted by Crippen LogP contribution is 2.31. The highest BCUT2D eigenvalue weighted by Gasteiger charge is 2.13. The molecule has 0 amide bonds. The molecule has 0 atom stereocenters. The van der Waals surface area contributed by atoms with Crippen molar-refractivity contribution in [2.24, 2.45) is 0 Å². The Hall–Kier alpha value is -2.88. The molecule has 0 fully saturated rings. The van der Waals surface area contributed by atoms with Gasteiger partial charge in [-0.15, -0.1) is 0 Å². The quantitative estimate of drug-likeness (QED) is 0.286. The van der Waals surface area contributed by atoms with Crippen LogP contribution in [0.15, 0.2) is 48.7 Å². The number of carbonyl (C=O) groups is 1. The van der Waals surface area contributed by atoms with Crippen LogP contribution in [0, 0.1) is 0 Å². The van der Waals surface area contributed by atoms with Crippen molar-refractivity contribution in [2.75, 3.05) is 19.0 Å². The molecule has 1 heterocycles. The number of carbonyl (C=O) groups excluding carboxylic acids is 1. The first-order chi connectivity index (χ1) is 15.5. The van der Waals surface area contributed by atoms with Crippen molar-refractivity contribution in [3.8, 4) is 16.9 Å². The highest BCUT2D eigenvalue weighted by molar-refractivity contribution is 6.07. The monoisotopic (exact) mass is 436 g/mol. The molecule has 3 rings (SSSR count). The predicted octanol–water partition coefficient (Wildman–Crippen LogP) is 8.16. The molecule has 3 aromatic rings. The fourth-order valence-electron chi connectivity index (χ4n) is 3.20. The number of ketones is 1. The van der Waals surface area contributed by atoms with Crippen molar-refractivity contribution in [1.82, 2.24) is 4.98 Å². The zero-order valence-electron chi connectivity index (χ0n) is 20.9. The van der Waals surface area contributed by atoms with Crippen molar-refractivity contribution < 1.29 is 9.53 Å². The second-order valence-corrected chi connectivity index (χ2v) is 7.40. The van der Waals surface area contributed by atoms with Gasteiger partial charge in [0, 0.05) is 18.1 Å². The lowest BCUT2D eigenvalue weighted by atomic mass is 10.00. The van der Waals surface area contributed by atoms with Gasteiger partial charge >= 0.3 is 0 Å². The fourth-order valence-corrected chi connectivity index (χ4v) is 3.20. The van der Waals surface area contributed by atoms with Crippen LogP contribution in [0.4, 0.5) is 5.69 Å². The van der Waals surface area contributed by atoms with E-state index in [1.54, 1.807) is 20.2 Å². The number of anilines is 1. The van der Waals surface area contributed by atoms with Gasteiger partial charge in [-0.1, -0.05) is 72.1 Å². The van der Waals surface area contributed by atoms with E-state index in [1.807, 2.05) is 44.2 Å². The van der Waals surface area contributed by atoms with Crippen LogP contribution in [-0.2, 0) is 0 Å². The van der Waals surface area contributed by atoms with Gasteiger partial charge in [-0.25, -0.2) is 0 Å².